The van der Waals surface area contributed by atoms with Crippen LogP contribution >= 0.6 is 27.3 Å². The molecule has 1 nitrogen and oxygen atoms in total. The zero-order valence-corrected chi connectivity index (χ0v) is 13.0. The Kier molecular flexibility index (Phi) is 4.71. The summed E-state index contributed by atoms with van der Waals surface area (Å²) >= 11 is 4.92. The zero-order chi connectivity index (χ0) is 14.0. The molecular weight excluding hydrogens is 332 g/mol. The van der Waals surface area contributed by atoms with Crippen LogP contribution in [-0.4, -0.2) is 6.54 Å². The van der Waals surface area contributed by atoms with Gasteiger partial charge in [-0.3, -0.25) is 0 Å². The number of aryl methyl sites for hydroxylation is 1. The van der Waals surface area contributed by atoms with Crippen molar-refractivity contribution < 1.29 is 8.78 Å². The lowest BCUT2D eigenvalue weighted by Gasteiger charge is -2.18. The minimum absolute atomic E-state index is 0.322. The average molecular weight is 346 g/mol. The summed E-state index contributed by atoms with van der Waals surface area (Å²) in [6.07, 6.45) is 0. The first-order chi connectivity index (χ1) is 9.04. The molecule has 1 atom stereocenters. The molecule has 1 N–H and O–H groups in total. The van der Waals surface area contributed by atoms with Gasteiger partial charge in [0.15, 0.2) is 11.6 Å². The summed E-state index contributed by atoms with van der Waals surface area (Å²) in [7, 11) is 0. The van der Waals surface area contributed by atoms with Gasteiger partial charge in [-0.2, -0.15) is 0 Å². The lowest BCUT2D eigenvalue weighted by atomic mass is 9.99. The van der Waals surface area contributed by atoms with E-state index in [1.165, 1.54) is 11.3 Å². The molecule has 0 aliphatic heterocycles. The van der Waals surface area contributed by atoms with Crippen LogP contribution in [0, 0.1) is 18.6 Å². The van der Waals surface area contributed by atoms with E-state index in [2.05, 4.69) is 21.2 Å². The van der Waals surface area contributed by atoms with Gasteiger partial charge in [-0.1, -0.05) is 19.1 Å². The fraction of sp³-hybridized carbons (Fsp3) is 0.286. The molecule has 0 bridgehead atoms. The zero-order valence-electron chi connectivity index (χ0n) is 10.6. The Morgan fingerprint density at radius 2 is 2.05 bits per heavy atom. The van der Waals surface area contributed by atoms with Crippen LogP contribution in [0.25, 0.3) is 0 Å². The summed E-state index contributed by atoms with van der Waals surface area (Å²) < 4.78 is 28.8. The maximum atomic E-state index is 14.1. The standard InChI is InChI=1S/C14H14BrF2NS/c1-3-18-14(9-6-11(15)19-7-9)10-5-4-8(2)12(16)13(10)17/h4-7,14,18H,3H2,1-2H3. The fourth-order valence-electron chi connectivity index (χ4n) is 1.97. The van der Waals surface area contributed by atoms with Crippen LogP contribution in [0.4, 0.5) is 8.78 Å². The number of rotatable bonds is 4. The predicted molar refractivity (Wildman–Crippen MR) is 78.6 cm³/mol. The molecule has 5 heteroatoms. The maximum absolute atomic E-state index is 14.1. The average Bonchev–Trinajstić information content (AvgIpc) is 2.81. The number of benzene rings is 1. The van der Waals surface area contributed by atoms with E-state index in [9.17, 15) is 8.78 Å². The molecule has 1 aromatic carbocycles. The van der Waals surface area contributed by atoms with Crippen molar-refractivity contribution in [1.29, 1.82) is 0 Å². The maximum Gasteiger partial charge on any atom is 0.164 e. The van der Waals surface area contributed by atoms with Crippen LogP contribution in [0.2, 0.25) is 0 Å². The first-order valence-corrected chi connectivity index (χ1v) is 7.63. The molecule has 0 radical (unpaired) electrons. The highest BCUT2D eigenvalue weighted by molar-refractivity contribution is 9.11. The van der Waals surface area contributed by atoms with Gasteiger partial charge in [-0.25, -0.2) is 8.78 Å². The van der Waals surface area contributed by atoms with Crippen molar-refractivity contribution in [3.8, 4) is 0 Å². The summed E-state index contributed by atoms with van der Waals surface area (Å²) in [6.45, 7) is 4.18. The second kappa shape index (κ2) is 6.11. The third kappa shape index (κ3) is 3.04. The van der Waals surface area contributed by atoms with Crippen molar-refractivity contribution in [2.75, 3.05) is 6.54 Å². The van der Waals surface area contributed by atoms with E-state index in [-0.39, 0.29) is 6.04 Å². The van der Waals surface area contributed by atoms with Gasteiger partial charge in [0.2, 0.25) is 0 Å². The monoisotopic (exact) mass is 345 g/mol. The minimum atomic E-state index is -0.770. The molecule has 0 amide bonds. The van der Waals surface area contributed by atoms with Crippen LogP contribution in [0.1, 0.15) is 29.7 Å². The number of nitrogens with one attached hydrogen (secondary N) is 1. The first-order valence-electron chi connectivity index (χ1n) is 5.96. The number of thiophene rings is 1. The van der Waals surface area contributed by atoms with Gasteiger partial charge in [0.25, 0.3) is 0 Å². The normalized spacial score (nSPS) is 12.7. The van der Waals surface area contributed by atoms with Gasteiger partial charge in [-0.05, 0) is 52.0 Å². The molecule has 102 valence electrons. The Bertz CT molecular complexity index is 583. The Balaban J connectivity index is 2.48. The number of halogens is 3. The van der Waals surface area contributed by atoms with E-state index < -0.39 is 11.6 Å². The third-order valence-corrected chi connectivity index (χ3v) is 4.47. The smallest absolute Gasteiger partial charge is 0.164 e. The molecule has 0 saturated heterocycles. The Morgan fingerprint density at radius 3 is 2.63 bits per heavy atom. The van der Waals surface area contributed by atoms with E-state index in [1.807, 2.05) is 18.4 Å². The summed E-state index contributed by atoms with van der Waals surface area (Å²) in [6, 6.07) is 4.85. The van der Waals surface area contributed by atoms with E-state index in [4.69, 9.17) is 0 Å². The molecular formula is C14H14BrF2NS. The molecule has 1 aromatic heterocycles. The summed E-state index contributed by atoms with van der Waals surface area (Å²) in [5.41, 5.74) is 1.60. The molecule has 1 heterocycles. The molecule has 0 spiro atoms. The summed E-state index contributed by atoms with van der Waals surface area (Å²) in [5, 5.41) is 5.13. The molecule has 2 rings (SSSR count). The molecule has 1 unspecified atom stereocenters. The second-order valence-corrected chi connectivity index (χ2v) is 6.56. The highest BCUT2D eigenvalue weighted by atomic mass is 79.9. The van der Waals surface area contributed by atoms with E-state index >= 15 is 0 Å². The summed E-state index contributed by atoms with van der Waals surface area (Å²) in [4.78, 5) is 0. The SMILES string of the molecule is CCNC(c1csc(Br)c1)c1ccc(C)c(F)c1F. The minimum Gasteiger partial charge on any atom is -0.306 e. The Hall–Kier alpha value is -0.780. The molecule has 19 heavy (non-hydrogen) atoms. The highest BCUT2D eigenvalue weighted by Gasteiger charge is 2.21. The van der Waals surface area contributed by atoms with Gasteiger partial charge in [0, 0.05) is 5.56 Å². The largest absolute Gasteiger partial charge is 0.306 e. The van der Waals surface area contributed by atoms with Crippen LogP contribution in [0.15, 0.2) is 27.4 Å². The van der Waals surface area contributed by atoms with Gasteiger partial charge in [0.1, 0.15) is 0 Å². The number of hydrogen-bond acceptors (Lipinski definition) is 2. The first kappa shape index (κ1) is 14.6. The van der Waals surface area contributed by atoms with Crippen LogP contribution in [-0.2, 0) is 0 Å². The van der Waals surface area contributed by atoms with E-state index in [1.54, 1.807) is 19.1 Å². The number of hydrogen-bond donors (Lipinski definition) is 1. The van der Waals surface area contributed by atoms with Crippen molar-refractivity contribution >= 4 is 27.3 Å². The molecule has 0 aliphatic carbocycles. The summed E-state index contributed by atoms with van der Waals surface area (Å²) in [5.74, 6) is -1.54. The Labute approximate surface area is 123 Å². The third-order valence-electron chi connectivity index (χ3n) is 2.95. The molecule has 0 fully saturated rings. The Morgan fingerprint density at radius 1 is 1.32 bits per heavy atom. The van der Waals surface area contributed by atoms with Gasteiger partial charge < -0.3 is 5.32 Å². The van der Waals surface area contributed by atoms with Gasteiger partial charge >= 0.3 is 0 Å². The topological polar surface area (TPSA) is 12.0 Å². The van der Waals surface area contributed by atoms with Crippen LogP contribution in [0.5, 0.6) is 0 Å². The second-order valence-electron chi connectivity index (χ2n) is 4.27. The van der Waals surface area contributed by atoms with Crippen molar-refractivity contribution in [2.24, 2.45) is 0 Å². The van der Waals surface area contributed by atoms with Crippen molar-refractivity contribution in [3.05, 3.63) is 55.7 Å². The predicted octanol–water partition coefficient (Wildman–Crippen LogP) is 4.80. The molecule has 0 aliphatic rings. The van der Waals surface area contributed by atoms with Crippen LogP contribution < -0.4 is 5.32 Å². The lowest BCUT2D eigenvalue weighted by Crippen LogP contribution is -2.23. The molecule has 2 aromatic rings. The van der Waals surface area contributed by atoms with E-state index in [0.29, 0.717) is 17.7 Å². The van der Waals surface area contributed by atoms with Crippen LogP contribution in [0.3, 0.4) is 0 Å². The quantitative estimate of drug-likeness (QED) is 0.839. The fourth-order valence-corrected chi connectivity index (χ4v) is 3.17. The highest BCUT2D eigenvalue weighted by Crippen LogP contribution is 2.31. The van der Waals surface area contributed by atoms with Gasteiger partial charge in [0.05, 0.1) is 9.83 Å². The lowest BCUT2D eigenvalue weighted by molar-refractivity contribution is 0.479. The van der Waals surface area contributed by atoms with E-state index in [0.717, 1.165) is 9.35 Å². The van der Waals surface area contributed by atoms with Crippen molar-refractivity contribution in [3.63, 3.8) is 0 Å². The van der Waals surface area contributed by atoms with Crippen molar-refractivity contribution in [1.82, 2.24) is 5.32 Å². The molecule has 0 saturated carbocycles. The van der Waals surface area contributed by atoms with Gasteiger partial charge in [-0.15, -0.1) is 11.3 Å². The van der Waals surface area contributed by atoms with Crippen molar-refractivity contribution in [2.45, 2.75) is 19.9 Å².